The Morgan fingerprint density at radius 3 is 1.13 bits per heavy atom. The van der Waals surface area contributed by atoms with Gasteiger partial charge in [0.05, 0.1) is 77.1 Å². The summed E-state index contributed by atoms with van der Waals surface area (Å²) in [6.45, 7) is 0. The number of benzene rings is 11. The highest BCUT2D eigenvalue weighted by Crippen LogP contribution is 2.52. The molecule has 0 bridgehead atoms. The standard InChI is InChI=1S/C69H37F3N6S/c70-69(71,72)53-27-9-1-18-40(53)48-26-17-34-60-62(48)50-37-36-49-47-25-8-16-35-61(47)79-68(49)67(50)78(60)66-52(39-74)64(76-56-30-12-4-21-43(56)44-22-5-13-31-57(44)76)63(75-54-28-10-2-19-41(54)42-20-3-11-29-55(42)75)51(38-73)65(66)77-58-32-14-6-23-45(58)46-24-7-15-33-59(46)77/h1-37H. The topological polar surface area (TPSA) is 67.3 Å². The molecule has 11 aromatic carbocycles. The first-order valence-corrected chi connectivity index (χ1v) is 26.7. The van der Waals surface area contributed by atoms with E-state index in [1.165, 1.54) is 12.1 Å². The summed E-state index contributed by atoms with van der Waals surface area (Å²) in [6, 6.07) is 78.2. The summed E-state index contributed by atoms with van der Waals surface area (Å²) in [7, 11) is 0. The van der Waals surface area contributed by atoms with Crippen molar-refractivity contribution in [1.29, 1.82) is 10.5 Å². The molecule has 0 saturated heterocycles. The van der Waals surface area contributed by atoms with Gasteiger partial charge in [0.15, 0.2) is 0 Å². The number of fused-ring (bicyclic) bond motifs is 16. The number of nitriles is 2. The lowest BCUT2D eigenvalue weighted by Gasteiger charge is -2.27. The summed E-state index contributed by atoms with van der Waals surface area (Å²) in [5, 5.41) is 34.6. The van der Waals surface area contributed by atoms with E-state index in [9.17, 15) is 10.5 Å². The van der Waals surface area contributed by atoms with E-state index in [2.05, 4.69) is 121 Å². The molecule has 0 radical (unpaired) electrons. The molecular weight excluding hydrogens is 1000 g/mol. The Kier molecular flexibility index (Phi) is 9.40. The maximum absolute atomic E-state index is 15.4. The van der Waals surface area contributed by atoms with Crippen LogP contribution in [-0.4, -0.2) is 18.3 Å². The molecule has 0 unspecified atom stereocenters. The summed E-state index contributed by atoms with van der Waals surface area (Å²) in [5.74, 6) is 0. The van der Waals surface area contributed by atoms with Crippen molar-refractivity contribution in [1.82, 2.24) is 18.3 Å². The molecule has 0 amide bonds. The van der Waals surface area contributed by atoms with E-state index in [1.54, 1.807) is 29.5 Å². The zero-order chi connectivity index (χ0) is 52.8. The molecule has 5 aromatic heterocycles. The van der Waals surface area contributed by atoms with Crippen molar-refractivity contribution in [2.75, 3.05) is 0 Å². The van der Waals surface area contributed by atoms with Gasteiger partial charge in [0.2, 0.25) is 0 Å². The number of halogens is 3. The molecule has 0 fully saturated rings. The van der Waals surface area contributed by atoms with E-state index in [1.807, 2.05) is 97.1 Å². The third-order valence-corrected chi connectivity index (χ3v) is 17.3. The molecule has 6 nitrogen and oxygen atoms in total. The van der Waals surface area contributed by atoms with E-state index < -0.39 is 11.7 Å². The normalized spacial score (nSPS) is 12.2. The number of nitrogens with zero attached hydrogens (tertiary/aromatic N) is 6. The summed E-state index contributed by atoms with van der Waals surface area (Å²) in [6.07, 6.45) is -4.67. The third-order valence-electron chi connectivity index (χ3n) is 16.1. The van der Waals surface area contributed by atoms with Crippen molar-refractivity contribution in [3.63, 3.8) is 0 Å². The van der Waals surface area contributed by atoms with Crippen LogP contribution >= 0.6 is 11.3 Å². The zero-order valence-corrected chi connectivity index (χ0v) is 42.4. The van der Waals surface area contributed by atoms with E-state index in [0.717, 1.165) is 91.7 Å². The fourth-order valence-electron chi connectivity index (χ4n) is 13.0. The van der Waals surface area contributed by atoms with Gasteiger partial charge in [-0.3, -0.25) is 0 Å². The average Bonchev–Trinajstić information content (AvgIpc) is 4.47. The number of hydrogen-bond acceptors (Lipinski definition) is 3. The predicted octanol–water partition coefficient (Wildman–Crippen LogP) is 18.9. The number of rotatable bonds is 5. The van der Waals surface area contributed by atoms with Crippen LogP contribution in [0.3, 0.4) is 0 Å². The molecule has 0 atom stereocenters. The molecule has 79 heavy (non-hydrogen) atoms. The molecule has 0 aliphatic carbocycles. The molecule has 5 heterocycles. The minimum Gasteiger partial charge on any atom is -0.306 e. The van der Waals surface area contributed by atoms with Crippen molar-refractivity contribution in [2.45, 2.75) is 6.18 Å². The van der Waals surface area contributed by atoms with Crippen LogP contribution in [0.15, 0.2) is 224 Å². The lowest BCUT2D eigenvalue weighted by atomic mass is 9.95. The minimum atomic E-state index is -4.67. The highest BCUT2D eigenvalue weighted by Gasteiger charge is 2.37. The predicted molar refractivity (Wildman–Crippen MR) is 317 cm³/mol. The lowest BCUT2D eigenvalue weighted by Crippen LogP contribution is -2.16. The third kappa shape index (κ3) is 6.09. The van der Waals surface area contributed by atoms with Crippen LogP contribution in [0, 0.1) is 22.7 Å². The first-order valence-electron chi connectivity index (χ1n) is 25.9. The van der Waals surface area contributed by atoms with Crippen LogP contribution < -0.4 is 0 Å². The SMILES string of the molecule is N#Cc1c(-n2c3ccccc3c3ccccc32)c(-n2c3ccccc3c3ccccc32)c(C#N)c(-n2c3cccc(-c4ccccc4C(F)(F)F)c3c3ccc4c5ccccc5sc4c32)c1-n1c2ccccc2c2ccccc21. The molecule has 370 valence electrons. The summed E-state index contributed by atoms with van der Waals surface area (Å²) in [4.78, 5) is 0. The van der Waals surface area contributed by atoms with Gasteiger partial charge in [-0.15, -0.1) is 11.3 Å². The Balaban J connectivity index is 1.24. The number of alkyl halides is 3. The summed E-state index contributed by atoms with van der Waals surface area (Å²) >= 11 is 1.60. The molecule has 16 rings (SSSR count). The number of hydrogen-bond donors (Lipinski definition) is 0. The summed E-state index contributed by atoms with van der Waals surface area (Å²) in [5.41, 5.74) is 8.18. The second-order valence-corrected chi connectivity index (χ2v) is 21.0. The Bertz CT molecular complexity index is 5260. The second kappa shape index (κ2) is 16.6. The van der Waals surface area contributed by atoms with Crippen molar-refractivity contribution in [3.8, 4) is 46.0 Å². The number of para-hydroxylation sites is 6. The Hall–Kier alpha value is -10.4. The van der Waals surface area contributed by atoms with Gasteiger partial charge in [0, 0.05) is 58.6 Å². The fraction of sp³-hybridized carbons (Fsp3) is 0.0145. The Labute approximate surface area is 451 Å². The van der Waals surface area contributed by atoms with Gasteiger partial charge in [-0.1, -0.05) is 170 Å². The second-order valence-electron chi connectivity index (χ2n) is 20.0. The molecular formula is C69H37F3N6S. The lowest BCUT2D eigenvalue weighted by molar-refractivity contribution is -0.137. The average molecular weight is 1040 g/mol. The van der Waals surface area contributed by atoms with Gasteiger partial charge >= 0.3 is 6.18 Å². The fourth-order valence-corrected chi connectivity index (χ4v) is 14.3. The quantitative estimate of drug-likeness (QED) is 0.172. The van der Waals surface area contributed by atoms with Crippen LogP contribution in [0.25, 0.3) is 141 Å². The van der Waals surface area contributed by atoms with Crippen molar-refractivity contribution < 1.29 is 13.2 Å². The van der Waals surface area contributed by atoms with E-state index in [-0.39, 0.29) is 16.7 Å². The van der Waals surface area contributed by atoms with Crippen molar-refractivity contribution >= 4 is 119 Å². The van der Waals surface area contributed by atoms with Gasteiger partial charge in [0.25, 0.3) is 0 Å². The van der Waals surface area contributed by atoms with E-state index >= 15 is 13.2 Å². The first-order chi connectivity index (χ1) is 38.8. The van der Waals surface area contributed by atoms with Crippen LogP contribution in [-0.2, 0) is 6.18 Å². The van der Waals surface area contributed by atoms with Gasteiger partial charge in [-0.05, 0) is 65.7 Å². The zero-order valence-electron chi connectivity index (χ0n) is 41.6. The molecule has 0 N–H and O–H groups in total. The molecule has 10 heteroatoms. The number of aromatic nitrogens is 4. The first kappa shape index (κ1) is 44.9. The van der Waals surface area contributed by atoms with Gasteiger partial charge in [-0.2, -0.15) is 23.7 Å². The van der Waals surface area contributed by atoms with Gasteiger partial charge in [0.1, 0.15) is 23.3 Å². The Morgan fingerprint density at radius 2 is 0.684 bits per heavy atom. The highest BCUT2D eigenvalue weighted by molar-refractivity contribution is 7.26. The van der Waals surface area contributed by atoms with Gasteiger partial charge in [-0.25, -0.2) is 0 Å². The van der Waals surface area contributed by atoms with Crippen molar-refractivity contribution in [3.05, 3.63) is 241 Å². The van der Waals surface area contributed by atoms with E-state index in [0.29, 0.717) is 50.1 Å². The van der Waals surface area contributed by atoms with Crippen LogP contribution in [0.5, 0.6) is 0 Å². The van der Waals surface area contributed by atoms with Crippen LogP contribution in [0.4, 0.5) is 13.2 Å². The Morgan fingerprint density at radius 1 is 0.329 bits per heavy atom. The highest BCUT2D eigenvalue weighted by atomic mass is 32.1. The minimum absolute atomic E-state index is 0.0320. The molecule has 0 spiro atoms. The van der Waals surface area contributed by atoms with Crippen molar-refractivity contribution in [2.24, 2.45) is 0 Å². The molecule has 0 aliphatic heterocycles. The van der Waals surface area contributed by atoms with Crippen LogP contribution in [0.2, 0.25) is 0 Å². The smallest absolute Gasteiger partial charge is 0.306 e. The summed E-state index contributed by atoms with van der Waals surface area (Å²) < 4.78 is 56.6. The molecule has 0 saturated carbocycles. The molecule has 0 aliphatic rings. The maximum Gasteiger partial charge on any atom is 0.417 e. The van der Waals surface area contributed by atoms with E-state index in [4.69, 9.17) is 0 Å². The number of thiophene rings is 1. The maximum atomic E-state index is 15.4. The largest absolute Gasteiger partial charge is 0.417 e. The van der Waals surface area contributed by atoms with Crippen LogP contribution in [0.1, 0.15) is 16.7 Å². The monoisotopic (exact) mass is 1040 g/mol. The molecule has 16 aromatic rings. The van der Waals surface area contributed by atoms with Gasteiger partial charge < -0.3 is 18.3 Å².